The lowest BCUT2D eigenvalue weighted by Gasteiger charge is -2.41. The molecule has 4 nitrogen and oxygen atoms in total. The number of piperidine rings is 1. The molecule has 2 aliphatic heterocycles. The van der Waals surface area contributed by atoms with E-state index in [9.17, 15) is 9.90 Å². The third-order valence-electron chi connectivity index (χ3n) is 5.72. The Morgan fingerprint density at radius 3 is 2.92 bits per heavy atom. The zero-order chi connectivity index (χ0) is 18.3. The maximum Gasteiger partial charge on any atom is 0.323 e. The van der Waals surface area contributed by atoms with Crippen LogP contribution in [0.1, 0.15) is 29.9 Å². The first-order valence-corrected chi connectivity index (χ1v) is 9.66. The van der Waals surface area contributed by atoms with Gasteiger partial charge in [0, 0.05) is 24.7 Å². The second kappa shape index (κ2) is 6.88. The summed E-state index contributed by atoms with van der Waals surface area (Å²) in [5.41, 5.74) is 3.45. The van der Waals surface area contributed by atoms with Crippen molar-refractivity contribution in [2.24, 2.45) is 5.92 Å². The summed E-state index contributed by atoms with van der Waals surface area (Å²) in [4.78, 5) is 16.7. The number of anilines is 1. The van der Waals surface area contributed by atoms with Crippen molar-refractivity contribution in [2.45, 2.75) is 31.7 Å². The molecule has 1 N–H and O–H groups in total. The largest absolute Gasteiger partial charge is 0.480 e. The number of likely N-dealkylation sites (tertiary alicyclic amines) is 1. The fourth-order valence-corrected chi connectivity index (χ4v) is 4.98. The van der Waals surface area contributed by atoms with Gasteiger partial charge >= 0.3 is 5.97 Å². The number of allylic oxidation sites excluding steroid dienone is 3. The third-order valence-corrected chi connectivity index (χ3v) is 6.22. The zero-order valence-corrected chi connectivity index (χ0v) is 15.8. The molecule has 1 aromatic rings. The number of aliphatic carboxylic acids is 1. The predicted molar refractivity (Wildman–Crippen MR) is 108 cm³/mol. The van der Waals surface area contributed by atoms with Crippen LogP contribution in [-0.4, -0.2) is 46.6 Å². The van der Waals surface area contributed by atoms with Crippen LogP contribution in [0.2, 0.25) is 0 Å². The van der Waals surface area contributed by atoms with Crippen molar-refractivity contribution in [2.75, 3.05) is 24.5 Å². The number of benzene rings is 1. The molecule has 1 fully saturated rings. The van der Waals surface area contributed by atoms with Gasteiger partial charge in [-0.2, -0.15) is 0 Å². The van der Waals surface area contributed by atoms with Gasteiger partial charge in [-0.15, -0.1) is 0 Å². The van der Waals surface area contributed by atoms with Gasteiger partial charge in [-0.1, -0.05) is 48.7 Å². The van der Waals surface area contributed by atoms with E-state index < -0.39 is 5.97 Å². The van der Waals surface area contributed by atoms with Crippen molar-refractivity contribution in [3.63, 3.8) is 0 Å². The van der Waals surface area contributed by atoms with E-state index in [1.54, 1.807) is 0 Å². The highest BCUT2D eigenvalue weighted by Gasteiger charge is 2.45. The Balaban J connectivity index is 1.61. The molecule has 3 unspecified atom stereocenters. The van der Waals surface area contributed by atoms with Gasteiger partial charge in [0.25, 0.3) is 0 Å². The van der Waals surface area contributed by atoms with Crippen LogP contribution < -0.4 is 4.90 Å². The molecule has 3 atom stereocenters. The van der Waals surface area contributed by atoms with Gasteiger partial charge in [0.05, 0.1) is 6.04 Å². The molecule has 4 rings (SSSR count). The molecule has 2 heterocycles. The number of fused-ring (bicyclic) bond motifs is 3. The molecular weight excluding hydrogens is 344 g/mol. The molecule has 0 bridgehead atoms. The van der Waals surface area contributed by atoms with Gasteiger partial charge in [0.2, 0.25) is 0 Å². The van der Waals surface area contributed by atoms with Crippen LogP contribution in [-0.2, 0) is 4.79 Å². The van der Waals surface area contributed by atoms with Crippen molar-refractivity contribution < 1.29 is 9.90 Å². The molecule has 5 heteroatoms. The number of aryl methyl sites for hydroxylation is 1. The normalized spacial score (nSPS) is 26.8. The maximum absolute atomic E-state index is 11.5. The lowest BCUT2D eigenvalue weighted by Crippen LogP contribution is -2.54. The minimum Gasteiger partial charge on any atom is -0.480 e. The predicted octanol–water partition coefficient (Wildman–Crippen LogP) is 3.52. The summed E-state index contributed by atoms with van der Waals surface area (Å²) in [7, 11) is 0. The third kappa shape index (κ3) is 3.05. The molecular formula is C21H24N2O2S. The maximum atomic E-state index is 11.5. The van der Waals surface area contributed by atoms with Crippen LogP contribution in [0, 0.1) is 12.8 Å². The van der Waals surface area contributed by atoms with Crippen molar-refractivity contribution in [3.8, 4) is 0 Å². The second-order valence-corrected chi connectivity index (χ2v) is 7.94. The summed E-state index contributed by atoms with van der Waals surface area (Å²) in [6, 6.07) is 6.37. The van der Waals surface area contributed by atoms with E-state index in [4.69, 9.17) is 12.2 Å². The minimum atomic E-state index is -0.807. The quantitative estimate of drug-likeness (QED) is 0.824. The van der Waals surface area contributed by atoms with Crippen molar-refractivity contribution >= 4 is 28.9 Å². The molecule has 0 aromatic heterocycles. The van der Waals surface area contributed by atoms with E-state index in [0.717, 1.165) is 42.2 Å². The minimum absolute atomic E-state index is 0.00231. The van der Waals surface area contributed by atoms with Crippen LogP contribution in [0.15, 0.2) is 42.5 Å². The highest BCUT2D eigenvalue weighted by molar-refractivity contribution is 7.80. The van der Waals surface area contributed by atoms with Crippen LogP contribution in [0.25, 0.3) is 0 Å². The summed E-state index contributed by atoms with van der Waals surface area (Å²) in [5.74, 6) is -0.0256. The first kappa shape index (κ1) is 17.3. The molecule has 0 radical (unpaired) electrons. The number of nitrogens with zero attached hydrogens (tertiary/aromatic N) is 2. The highest BCUT2D eigenvalue weighted by Crippen LogP contribution is 2.46. The van der Waals surface area contributed by atoms with Gasteiger partial charge < -0.3 is 14.9 Å². The summed E-state index contributed by atoms with van der Waals surface area (Å²) >= 11 is 5.89. The Morgan fingerprint density at radius 1 is 1.35 bits per heavy atom. The Kier molecular flexibility index (Phi) is 4.57. The summed E-state index contributed by atoms with van der Waals surface area (Å²) in [6.07, 6.45) is 10.7. The fraction of sp³-hybridized carbons (Fsp3) is 0.429. The zero-order valence-electron chi connectivity index (χ0n) is 15.0. The van der Waals surface area contributed by atoms with Crippen molar-refractivity contribution in [3.05, 3.63) is 53.6 Å². The molecule has 3 aliphatic rings. The Bertz CT molecular complexity index is 801. The summed E-state index contributed by atoms with van der Waals surface area (Å²) < 4.78 is 0. The number of carbonyl (C=O) groups is 1. The molecule has 1 saturated heterocycles. The van der Waals surface area contributed by atoms with Gasteiger partial charge in [-0.3, -0.25) is 4.79 Å². The highest BCUT2D eigenvalue weighted by atomic mass is 32.1. The van der Waals surface area contributed by atoms with Crippen LogP contribution in [0.5, 0.6) is 0 Å². The topological polar surface area (TPSA) is 43.8 Å². The number of carboxylic acids is 1. The second-order valence-electron chi connectivity index (χ2n) is 7.52. The average molecular weight is 369 g/mol. The lowest BCUT2D eigenvalue weighted by atomic mass is 9.87. The summed E-state index contributed by atoms with van der Waals surface area (Å²) in [6.45, 7) is 3.91. The smallest absolute Gasteiger partial charge is 0.323 e. The van der Waals surface area contributed by atoms with E-state index in [2.05, 4.69) is 54.3 Å². The van der Waals surface area contributed by atoms with Gasteiger partial charge in [0.15, 0.2) is 0 Å². The van der Waals surface area contributed by atoms with Crippen LogP contribution in [0.4, 0.5) is 5.69 Å². The van der Waals surface area contributed by atoms with Crippen molar-refractivity contribution in [1.29, 1.82) is 0 Å². The van der Waals surface area contributed by atoms with Crippen molar-refractivity contribution in [1.82, 2.24) is 4.90 Å². The van der Waals surface area contributed by atoms with E-state index in [-0.39, 0.29) is 12.6 Å². The van der Waals surface area contributed by atoms with E-state index in [1.807, 2.05) is 4.90 Å². The molecule has 26 heavy (non-hydrogen) atoms. The monoisotopic (exact) mass is 368 g/mol. The first-order chi connectivity index (χ1) is 12.5. The molecule has 1 aromatic carbocycles. The fourth-order valence-electron chi connectivity index (χ4n) is 4.52. The number of rotatable bonds is 4. The Labute approximate surface area is 159 Å². The van der Waals surface area contributed by atoms with Gasteiger partial charge in [-0.25, -0.2) is 0 Å². The number of thiocarbonyl (C=S) groups is 1. The molecule has 1 aliphatic carbocycles. The standard InChI is InChI=1S/C21H24N2O2S/c1-14-7-8-16-17-9-10-22(12-15-5-3-2-4-6-15)21(26)20(17)23(13-19(24)25)18(16)11-14/h2-5,7-8,11,15,17,20H,6,9-10,12-13H2,1H3,(H,24,25). The van der Waals surface area contributed by atoms with Crippen LogP contribution in [0.3, 0.4) is 0 Å². The van der Waals surface area contributed by atoms with E-state index >= 15 is 0 Å². The van der Waals surface area contributed by atoms with E-state index in [0.29, 0.717) is 11.8 Å². The van der Waals surface area contributed by atoms with Crippen LogP contribution >= 0.6 is 12.2 Å². The summed E-state index contributed by atoms with van der Waals surface area (Å²) in [5, 5.41) is 9.46. The Morgan fingerprint density at radius 2 is 2.19 bits per heavy atom. The molecule has 0 saturated carbocycles. The Hall–Kier alpha value is -2.14. The van der Waals surface area contributed by atoms with Gasteiger partial charge in [0.1, 0.15) is 11.5 Å². The first-order valence-electron chi connectivity index (χ1n) is 9.25. The number of hydrogen-bond acceptors (Lipinski definition) is 3. The lowest BCUT2D eigenvalue weighted by molar-refractivity contribution is -0.135. The molecule has 136 valence electrons. The molecule has 0 amide bonds. The van der Waals surface area contributed by atoms with E-state index in [1.165, 1.54) is 5.56 Å². The number of hydrogen-bond donors (Lipinski definition) is 1. The SMILES string of the molecule is Cc1ccc2c(c1)N(CC(=O)O)C1C(=S)N(CC3C=CC=CC3)CCC21. The number of carboxylic acid groups (broad SMARTS) is 1. The molecule has 0 spiro atoms. The van der Waals surface area contributed by atoms with Gasteiger partial charge in [-0.05, 0) is 42.9 Å². The average Bonchev–Trinajstić information content (AvgIpc) is 2.91.